The summed E-state index contributed by atoms with van der Waals surface area (Å²) in [6.45, 7) is 12.4. The van der Waals surface area contributed by atoms with Gasteiger partial charge in [0, 0.05) is 58.0 Å². The van der Waals surface area contributed by atoms with Crippen LogP contribution in [-0.4, -0.2) is 147 Å². The van der Waals surface area contributed by atoms with Gasteiger partial charge in [0.15, 0.2) is 18.5 Å². The van der Waals surface area contributed by atoms with E-state index in [0.29, 0.717) is 11.5 Å². The Morgan fingerprint density at radius 3 is 1.86 bits per heavy atom. The number of H-pyrrole nitrogens is 1. The van der Waals surface area contributed by atoms with Gasteiger partial charge in [-0.15, -0.1) is 0 Å². The van der Waals surface area contributed by atoms with Crippen LogP contribution < -0.4 is 26.0 Å². The molecule has 0 spiro atoms. The second-order valence-corrected chi connectivity index (χ2v) is 21.2. The predicted octanol–water partition coefficient (Wildman–Crippen LogP) is 5.48. The normalized spacial score (nSPS) is 22.1. The first-order valence-electron chi connectivity index (χ1n) is 25.9. The van der Waals surface area contributed by atoms with Crippen molar-refractivity contribution in [2.24, 2.45) is 0 Å². The van der Waals surface area contributed by atoms with E-state index in [1.165, 1.54) is 24.6 Å². The van der Waals surface area contributed by atoms with Crippen LogP contribution in [0.1, 0.15) is 90.3 Å². The molecule has 0 radical (unpaired) electrons. The molecule has 3 heterocycles. The van der Waals surface area contributed by atoms with Crippen molar-refractivity contribution in [3.63, 3.8) is 0 Å². The van der Waals surface area contributed by atoms with E-state index >= 15 is 4.57 Å². The van der Waals surface area contributed by atoms with E-state index in [1.54, 1.807) is 25.8 Å². The van der Waals surface area contributed by atoms with Crippen molar-refractivity contribution in [1.29, 1.82) is 0 Å². The van der Waals surface area contributed by atoms with Gasteiger partial charge in [-0.1, -0.05) is 54.6 Å². The maximum absolute atomic E-state index is 15.7. The first-order chi connectivity index (χ1) is 37.6. The highest BCUT2D eigenvalue weighted by atomic mass is 31.2. The molecule has 79 heavy (non-hydrogen) atoms. The first kappa shape index (κ1) is 61.9. The molecule has 6 rings (SSSR count). The maximum Gasteiger partial charge on any atom is 0.409 e. The molecule has 23 nitrogen and oxygen atoms in total. The van der Waals surface area contributed by atoms with Crippen LogP contribution in [-0.2, 0) is 76.3 Å². The molecule has 0 saturated carbocycles. The average molecular weight is 1130 g/mol. The van der Waals surface area contributed by atoms with Gasteiger partial charge in [-0.05, 0) is 75.6 Å². The number of hydrogen-bond acceptors (Lipinski definition) is 19. The number of carbonyl (C=O) groups is 4. The number of hydrogen-bond donors (Lipinski definition) is 2. The number of aryl methyl sites for hydroxylation is 1. The van der Waals surface area contributed by atoms with Crippen LogP contribution in [0.4, 0.5) is 0 Å². The fourth-order valence-electron chi connectivity index (χ4n) is 9.67. The zero-order valence-corrected chi connectivity index (χ0v) is 47.3. The van der Waals surface area contributed by atoms with E-state index in [1.807, 2.05) is 107 Å². The molecule has 2 aliphatic rings. The molecule has 2 fully saturated rings. The number of rotatable bonds is 27. The lowest BCUT2D eigenvalue weighted by Crippen LogP contribution is -2.66. The quantitative estimate of drug-likeness (QED) is 0.0246. The third kappa shape index (κ3) is 15.8. The number of amides is 1. The van der Waals surface area contributed by atoms with Crippen LogP contribution in [0, 0.1) is 6.92 Å². The molecule has 2 N–H and O–H groups in total. The summed E-state index contributed by atoms with van der Waals surface area (Å²) in [5, 5.41) is 2.65. The molecule has 3 aromatic carbocycles. The molecule has 1 amide bonds. The number of nitrogens with zero attached hydrogens (tertiary/aromatic N) is 2. The molecule has 2 aliphatic heterocycles. The molecule has 432 valence electrons. The largest absolute Gasteiger partial charge is 0.497 e. The summed E-state index contributed by atoms with van der Waals surface area (Å²) in [6, 6.07) is 22.6. The molecule has 1 aromatic heterocycles. The minimum absolute atomic E-state index is 0.0293. The Hall–Kier alpha value is -6.27. The Morgan fingerprint density at radius 1 is 0.747 bits per heavy atom. The van der Waals surface area contributed by atoms with Crippen molar-refractivity contribution in [1.82, 2.24) is 19.5 Å². The van der Waals surface area contributed by atoms with Gasteiger partial charge in [-0.2, -0.15) is 0 Å². The van der Waals surface area contributed by atoms with Crippen molar-refractivity contribution in [2.75, 3.05) is 53.9 Å². The summed E-state index contributed by atoms with van der Waals surface area (Å²) in [4.78, 5) is 77.1. The number of esters is 3. The van der Waals surface area contributed by atoms with Gasteiger partial charge in [0.25, 0.3) is 5.56 Å². The Bertz CT molecular complexity index is 2770. The molecule has 24 heteroatoms. The predicted molar refractivity (Wildman–Crippen MR) is 284 cm³/mol. The summed E-state index contributed by atoms with van der Waals surface area (Å²) < 4.78 is 90.8. The summed E-state index contributed by atoms with van der Waals surface area (Å²) in [5.41, 5.74) is -0.105. The van der Waals surface area contributed by atoms with Crippen LogP contribution >= 0.6 is 7.75 Å². The molecule has 4 aromatic rings. The molecular weight excluding hydrogens is 1050 g/mol. The molecule has 9 atom stereocenters. The van der Waals surface area contributed by atoms with Gasteiger partial charge in [-0.3, -0.25) is 42.6 Å². The lowest BCUT2D eigenvalue weighted by Gasteiger charge is -2.44. The highest BCUT2D eigenvalue weighted by molar-refractivity contribution is 7.51. The van der Waals surface area contributed by atoms with E-state index < -0.39 is 104 Å². The van der Waals surface area contributed by atoms with E-state index in [2.05, 4.69) is 10.3 Å². The average Bonchev–Trinajstić information content (AvgIpc) is 3.85. The fourth-order valence-corrected chi connectivity index (χ4v) is 12.0. The van der Waals surface area contributed by atoms with Gasteiger partial charge >= 0.3 is 31.3 Å². The van der Waals surface area contributed by atoms with Crippen LogP contribution in [0.2, 0.25) is 0 Å². The van der Waals surface area contributed by atoms with Gasteiger partial charge in [0.05, 0.1) is 47.3 Å². The SMILES string of the molecule is COc1ccc(C(OC[C@H]2O[C@@H](n3cc(C)c(=O)[nH]c3=O)CC2OP(=O)(OCCOCCO[C@@H]2O[C@H](COC(C)=O)[C@H](OC(C)=O)[C@H](OC(C)=O)[C@@H]2NC(C)=O)N(C(C)C)C(C)C)(c2ccccc2)c2ccc(OC)cc2)cc1. The van der Waals surface area contributed by atoms with Crippen molar-refractivity contribution < 1.29 is 80.2 Å². The lowest BCUT2D eigenvalue weighted by atomic mass is 9.80. The molecule has 0 aliphatic carbocycles. The topological polar surface area (TPSA) is 266 Å². The molecular formula is C55H73N4O19P. The van der Waals surface area contributed by atoms with Crippen LogP contribution in [0.5, 0.6) is 11.5 Å². The minimum atomic E-state index is -4.35. The minimum Gasteiger partial charge on any atom is -0.497 e. The van der Waals surface area contributed by atoms with Gasteiger partial charge in [-0.25, -0.2) is 14.0 Å². The number of carbonyl (C=O) groups excluding carboxylic acids is 4. The maximum atomic E-state index is 15.7. The number of benzene rings is 3. The van der Waals surface area contributed by atoms with Crippen LogP contribution in [0.25, 0.3) is 0 Å². The highest BCUT2D eigenvalue weighted by Crippen LogP contribution is 2.57. The van der Waals surface area contributed by atoms with Gasteiger partial charge in [0.2, 0.25) is 5.91 Å². The van der Waals surface area contributed by atoms with Crippen molar-refractivity contribution >= 4 is 31.6 Å². The summed E-state index contributed by atoms with van der Waals surface area (Å²) in [6.07, 6.45) is -6.85. The van der Waals surface area contributed by atoms with E-state index in [4.69, 9.17) is 56.4 Å². The summed E-state index contributed by atoms with van der Waals surface area (Å²) in [5.74, 6) is -1.47. The molecule has 2 saturated heterocycles. The van der Waals surface area contributed by atoms with Crippen molar-refractivity contribution in [3.8, 4) is 11.5 Å². The number of methoxy groups -OCH3 is 2. The van der Waals surface area contributed by atoms with E-state index in [9.17, 15) is 28.8 Å². The van der Waals surface area contributed by atoms with Crippen molar-refractivity contribution in [3.05, 3.63) is 128 Å². The van der Waals surface area contributed by atoms with Crippen molar-refractivity contribution in [2.45, 2.75) is 135 Å². The van der Waals surface area contributed by atoms with E-state index in [0.717, 1.165) is 30.5 Å². The van der Waals surface area contributed by atoms with E-state index in [-0.39, 0.29) is 57.1 Å². The third-order valence-electron chi connectivity index (χ3n) is 12.9. The molecule has 0 bridgehead atoms. The lowest BCUT2D eigenvalue weighted by molar-refractivity contribution is -0.279. The first-order valence-corrected chi connectivity index (χ1v) is 27.4. The highest BCUT2D eigenvalue weighted by Gasteiger charge is 2.52. The fraction of sp³-hybridized carbons (Fsp3) is 0.527. The smallest absolute Gasteiger partial charge is 0.409 e. The zero-order valence-electron chi connectivity index (χ0n) is 46.4. The Labute approximate surface area is 458 Å². The Balaban J connectivity index is 1.26. The number of aromatic nitrogens is 2. The number of nitrogens with one attached hydrogen (secondary N) is 2. The molecule has 2 unspecified atom stereocenters. The van der Waals surface area contributed by atoms with Gasteiger partial charge < -0.3 is 52.7 Å². The van der Waals surface area contributed by atoms with Crippen LogP contribution in [0.15, 0.2) is 94.6 Å². The zero-order chi connectivity index (χ0) is 57.6. The Kier molecular flexibility index (Phi) is 22.1. The second-order valence-electron chi connectivity index (χ2n) is 19.4. The monoisotopic (exact) mass is 1120 g/mol. The third-order valence-corrected chi connectivity index (χ3v) is 15.5. The van der Waals surface area contributed by atoms with Gasteiger partial charge in [0.1, 0.15) is 54.3 Å². The Morgan fingerprint density at radius 2 is 1.32 bits per heavy atom. The summed E-state index contributed by atoms with van der Waals surface area (Å²) in [7, 11) is -1.19. The number of aromatic amines is 1. The standard InChI is InChI=1S/C55H73N4O19P/c1-33(2)59(34(3)4)79(66,73-28-26-69-25-27-70-53-49(56-36(6)60)51(75-39(9)63)50(74-38(8)62)47(77-53)31-71-37(7)61)78-45-29-48(58-30-35(5)52(64)57-54(58)65)76-46(45)32-72-55(40-15-13-12-14-16-40,41-17-21-43(67-10)22-18-41)42-19-23-44(68-11)24-20-42/h12-24,30,33-34,45-51,53H,25-29,31-32H2,1-11H3,(H,56,60)(H,57,64,65)/t45?,46-,47-,48-,49+,50+,51-,53-,79?/m1/s1. The second kappa shape index (κ2) is 28.2. The van der Waals surface area contributed by atoms with Crippen LogP contribution in [0.3, 0.4) is 0 Å². The number of ether oxygens (including phenoxy) is 10. The summed E-state index contributed by atoms with van der Waals surface area (Å²) >= 11 is 0.